The van der Waals surface area contributed by atoms with E-state index in [-0.39, 0.29) is 5.91 Å². The first-order valence-electron chi connectivity index (χ1n) is 5.35. The van der Waals surface area contributed by atoms with Gasteiger partial charge in [-0.05, 0) is 24.6 Å². The third-order valence-corrected chi connectivity index (χ3v) is 2.87. The van der Waals surface area contributed by atoms with Crippen LogP contribution in [0.15, 0.2) is 36.7 Å². The number of nitrogen functional groups attached to an aromatic ring is 1. The summed E-state index contributed by atoms with van der Waals surface area (Å²) in [5.41, 5.74) is 7.90. The topological polar surface area (TPSA) is 68.0 Å². The summed E-state index contributed by atoms with van der Waals surface area (Å²) in [6, 6.07) is 6.99. The van der Waals surface area contributed by atoms with E-state index < -0.39 is 0 Å². The number of halogens is 1. The average molecular weight is 262 g/mol. The number of aromatic nitrogens is 1. The van der Waals surface area contributed by atoms with Crippen molar-refractivity contribution in [3.8, 4) is 0 Å². The molecule has 0 bridgehead atoms. The van der Waals surface area contributed by atoms with Gasteiger partial charge in [-0.2, -0.15) is 0 Å². The summed E-state index contributed by atoms with van der Waals surface area (Å²) in [6.07, 6.45) is 2.96. The van der Waals surface area contributed by atoms with Gasteiger partial charge < -0.3 is 11.1 Å². The van der Waals surface area contributed by atoms with E-state index in [1.165, 1.54) is 12.4 Å². The lowest BCUT2D eigenvalue weighted by Crippen LogP contribution is -2.15. The van der Waals surface area contributed by atoms with Crippen LogP contribution >= 0.6 is 11.6 Å². The Balaban J connectivity index is 2.30. The SMILES string of the molecule is Cc1cccc(Cl)c1NC(=O)c1ccncc1N. The number of anilines is 2. The Morgan fingerprint density at radius 3 is 2.83 bits per heavy atom. The van der Waals surface area contributed by atoms with Crippen LogP contribution in [0.2, 0.25) is 5.02 Å². The van der Waals surface area contributed by atoms with E-state index in [2.05, 4.69) is 10.3 Å². The maximum Gasteiger partial charge on any atom is 0.257 e. The van der Waals surface area contributed by atoms with Crippen LogP contribution in [0.5, 0.6) is 0 Å². The molecular formula is C13H12ClN3O. The molecule has 0 atom stereocenters. The quantitative estimate of drug-likeness (QED) is 0.873. The lowest BCUT2D eigenvalue weighted by molar-refractivity contribution is 0.102. The number of nitrogens with two attached hydrogens (primary N) is 1. The number of hydrogen-bond donors (Lipinski definition) is 2. The number of carbonyl (C=O) groups excluding carboxylic acids is 1. The highest BCUT2D eigenvalue weighted by Gasteiger charge is 2.12. The number of amides is 1. The minimum Gasteiger partial charge on any atom is -0.397 e. The number of hydrogen-bond acceptors (Lipinski definition) is 3. The van der Waals surface area contributed by atoms with Gasteiger partial charge in [0, 0.05) is 6.20 Å². The van der Waals surface area contributed by atoms with E-state index in [1.807, 2.05) is 19.1 Å². The molecule has 3 N–H and O–H groups in total. The average Bonchev–Trinajstić information content (AvgIpc) is 2.34. The van der Waals surface area contributed by atoms with Crippen LogP contribution < -0.4 is 11.1 Å². The molecule has 18 heavy (non-hydrogen) atoms. The molecule has 0 fully saturated rings. The van der Waals surface area contributed by atoms with Gasteiger partial charge in [-0.15, -0.1) is 0 Å². The zero-order chi connectivity index (χ0) is 13.1. The van der Waals surface area contributed by atoms with Crippen LogP contribution in [0.3, 0.4) is 0 Å². The molecule has 4 nitrogen and oxygen atoms in total. The fourth-order valence-electron chi connectivity index (χ4n) is 1.58. The molecule has 1 amide bonds. The molecule has 0 unspecified atom stereocenters. The molecule has 2 rings (SSSR count). The van der Waals surface area contributed by atoms with Crippen LogP contribution in [0, 0.1) is 6.92 Å². The molecule has 0 aliphatic rings. The van der Waals surface area contributed by atoms with E-state index in [0.717, 1.165) is 5.56 Å². The number of para-hydroxylation sites is 1. The first-order chi connectivity index (χ1) is 8.59. The third kappa shape index (κ3) is 2.43. The largest absolute Gasteiger partial charge is 0.397 e. The number of carbonyl (C=O) groups is 1. The Morgan fingerprint density at radius 2 is 2.17 bits per heavy atom. The minimum atomic E-state index is -0.300. The molecule has 0 aliphatic carbocycles. The fourth-order valence-corrected chi connectivity index (χ4v) is 1.85. The number of benzene rings is 1. The predicted molar refractivity (Wildman–Crippen MR) is 72.8 cm³/mol. The normalized spacial score (nSPS) is 10.1. The second-order valence-electron chi connectivity index (χ2n) is 3.85. The van der Waals surface area contributed by atoms with E-state index >= 15 is 0 Å². The lowest BCUT2D eigenvalue weighted by Gasteiger charge is -2.11. The van der Waals surface area contributed by atoms with Gasteiger partial charge in [-0.25, -0.2) is 0 Å². The zero-order valence-corrected chi connectivity index (χ0v) is 10.5. The smallest absolute Gasteiger partial charge is 0.257 e. The van der Waals surface area contributed by atoms with E-state index in [9.17, 15) is 4.79 Å². The molecule has 1 aromatic carbocycles. The van der Waals surface area contributed by atoms with Gasteiger partial charge in [0.25, 0.3) is 5.91 Å². The maximum absolute atomic E-state index is 12.1. The standard InChI is InChI=1S/C13H12ClN3O/c1-8-3-2-4-10(14)12(8)17-13(18)9-5-6-16-7-11(9)15/h2-7H,15H2,1H3,(H,17,18). The third-order valence-electron chi connectivity index (χ3n) is 2.56. The van der Waals surface area contributed by atoms with Crippen LogP contribution in [-0.4, -0.2) is 10.9 Å². The summed E-state index contributed by atoms with van der Waals surface area (Å²) >= 11 is 6.04. The molecule has 1 heterocycles. The van der Waals surface area contributed by atoms with Crippen molar-refractivity contribution in [2.75, 3.05) is 11.1 Å². The Morgan fingerprint density at radius 1 is 1.39 bits per heavy atom. The molecule has 5 heteroatoms. The Labute approximate surface area is 110 Å². The lowest BCUT2D eigenvalue weighted by atomic mass is 10.1. The van der Waals surface area contributed by atoms with Gasteiger partial charge in [0.15, 0.2) is 0 Å². The maximum atomic E-state index is 12.1. The molecule has 0 radical (unpaired) electrons. The summed E-state index contributed by atoms with van der Waals surface area (Å²) in [7, 11) is 0. The van der Waals surface area contributed by atoms with Crippen molar-refractivity contribution in [3.05, 3.63) is 52.8 Å². The molecule has 92 valence electrons. The number of nitrogens with one attached hydrogen (secondary N) is 1. The van der Waals surface area contributed by atoms with Crippen molar-refractivity contribution >= 4 is 28.9 Å². The second kappa shape index (κ2) is 5.06. The van der Waals surface area contributed by atoms with Gasteiger partial charge in [0.05, 0.1) is 28.2 Å². The fraction of sp³-hybridized carbons (Fsp3) is 0.0769. The van der Waals surface area contributed by atoms with E-state index in [4.69, 9.17) is 17.3 Å². The van der Waals surface area contributed by atoms with Crippen molar-refractivity contribution in [2.45, 2.75) is 6.92 Å². The zero-order valence-electron chi connectivity index (χ0n) is 9.77. The highest BCUT2D eigenvalue weighted by molar-refractivity contribution is 6.34. The Hall–Kier alpha value is -2.07. The van der Waals surface area contributed by atoms with Crippen LogP contribution in [0.25, 0.3) is 0 Å². The molecular weight excluding hydrogens is 250 g/mol. The summed E-state index contributed by atoms with van der Waals surface area (Å²) < 4.78 is 0. The molecule has 1 aromatic heterocycles. The van der Waals surface area contributed by atoms with Crippen LogP contribution in [0.4, 0.5) is 11.4 Å². The monoisotopic (exact) mass is 261 g/mol. The number of pyridine rings is 1. The first-order valence-corrected chi connectivity index (χ1v) is 5.73. The van der Waals surface area contributed by atoms with Crippen LogP contribution in [-0.2, 0) is 0 Å². The van der Waals surface area contributed by atoms with Crippen molar-refractivity contribution in [1.82, 2.24) is 4.98 Å². The molecule has 2 aromatic rings. The molecule has 0 saturated heterocycles. The Bertz CT molecular complexity index is 578. The van der Waals surface area contributed by atoms with Crippen molar-refractivity contribution in [2.24, 2.45) is 0 Å². The van der Waals surface area contributed by atoms with Gasteiger partial charge in [-0.1, -0.05) is 23.7 Å². The Kier molecular flexibility index (Phi) is 3.48. The number of nitrogens with zero attached hydrogens (tertiary/aromatic N) is 1. The highest BCUT2D eigenvalue weighted by atomic mass is 35.5. The predicted octanol–water partition coefficient (Wildman–Crippen LogP) is 2.88. The summed E-state index contributed by atoms with van der Waals surface area (Å²) in [5.74, 6) is -0.300. The first kappa shape index (κ1) is 12.4. The second-order valence-corrected chi connectivity index (χ2v) is 4.26. The highest BCUT2D eigenvalue weighted by Crippen LogP contribution is 2.26. The molecule has 0 spiro atoms. The summed E-state index contributed by atoms with van der Waals surface area (Å²) in [4.78, 5) is 15.9. The van der Waals surface area contributed by atoms with Crippen molar-refractivity contribution in [3.63, 3.8) is 0 Å². The van der Waals surface area contributed by atoms with Gasteiger partial charge in [0.2, 0.25) is 0 Å². The molecule has 0 saturated carbocycles. The minimum absolute atomic E-state index is 0.300. The van der Waals surface area contributed by atoms with Crippen LogP contribution in [0.1, 0.15) is 15.9 Å². The van der Waals surface area contributed by atoms with Gasteiger partial charge in [0.1, 0.15) is 0 Å². The summed E-state index contributed by atoms with van der Waals surface area (Å²) in [5, 5.41) is 3.25. The number of rotatable bonds is 2. The van der Waals surface area contributed by atoms with Gasteiger partial charge >= 0.3 is 0 Å². The molecule has 0 aliphatic heterocycles. The van der Waals surface area contributed by atoms with Gasteiger partial charge in [-0.3, -0.25) is 9.78 Å². The van der Waals surface area contributed by atoms with E-state index in [1.54, 1.807) is 12.1 Å². The summed E-state index contributed by atoms with van der Waals surface area (Å²) in [6.45, 7) is 1.87. The van der Waals surface area contributed by atoms with Crippen molar-refractivity contribution < 1.29 is 4.79 Å². The van der Waals surface area contributed by atoms with Crippen molar-refractivity contribution in [1.29, 1.82) is 0 Å². The van der Waals surface area contributed by atoms with E-state index in [0.29, 0.717) is 22.0 Å². The number of aryl methyl sites for hydroxylation is 1.